The van der Waals surface area contributed by atoms with Crippen molar-refractivity contribution in [3.8, 4) is 0 Å². The van der Waals surface area contributed by atoms with Crippen molar-refractivity contribution in [3.05, 3.63) is 71.4 Å². The van der Waals surface area contributed by atoms with Crippen LogP contribution in [0.25, 0.3) is 10.9 Å². The van der Waals surface area contributed by atoms with Gasteiger partial charge in [-0.2, -0.15) is 0 Å². The fourth-order valence-electron chi connectivity index (χ4n) is 2.87. The first-order chi connectivity index (χ1) is 12.0. The van der Waals surface area contributed by atoms with E-state index in [1.54, 1.807) is 12.3 Å². The number of amides is 1. The van der Waals surface area contributed by atoms with Crippen LogP contribution < -0.4 is 11.1 Å². The van der Waals surface area contributed by atoms with Crippen molar-refractivity contribution in [1.82, 2.24) is 9.88 Å². The van der Waals surface area contributed by atoms with Crippen LogP contribution in [0.5, 0.6) is 0 Å². The first kappa shape index (κ1) is 16.9. The first-order valence-corrected chi connectivity index (χ1v) is 8.18. The molecule has 0 fully saturated rings. The van der Waals surface area contributed by atoms with Crippen LogP contribution in [0.3, 0.4) is 0 Å². The van der Waals surface area contributed by atoms with Crippen LogP contribution in [0.2, 0.25) is 0 Å². The van der Waals surface area contributed by atoms with Gasteiger partial charge in [0.1, 0.15) is 0 Å². The van der Waals surface area contributed by atoms with E-state index >= 15 is 0 Å². The van der Waals surface area contributed by atoms with Crippen molar-refractivity contribution in [2.24, 2.45) is 5.73 Å². The number of hydrogen-bond donors (Lipinski definition) is 2. The predicted octanol–water partition coefficient (Wildman–Crippen LogP) is 3.01. The van der Waals surface area contributed by atoms with Crippen molar-refractivity contribution in [1.29, 1.82) is 0 Å². The lowest BCUT2D eigenvalue weighted by Gasteiger charge is -2.17. The maximum atomic E-state index is 11.5. The van der Waals surface area contributed by atoms with Crippen molar-refractivity contribution in [3.63, 3.8) is 0 Å². The zero-order valence-electron chi connectivity index (χ0n) is 14.5. The minimum Gasteiger partial charge on any atom is -0.381 e. The van der Waals surface area contributed by atoms with Gasteiger partial charge in [-0.1, -0.05) is 30.3 Å². The molecule has 0 aliphatic heterocycles. The van der Waals surface area contributed by atoms with E-state index in [1.807, 2.05) is 38.4 Å². The monoisotopic (exact) mass is 334 g/mol. The third-order valence-electron chi connectivity index (χ3n) is 4.07. The molecule has 5 nitrogen and oxygen atoms in total. The summed E-state index contributed by atoms with van der Waals surface area (Å²) in [5.74, 6) is -0.425. The number of para-hydroxylation sites is 1. The van der Waals surface area contributed by atoms with E-state index < -0.39 is 5.91 Å². The van der Waals surface area contributed by atoms with Crippen LogP contribution in [0.4, 0.5) is 5.69 Å². The highest BCUT2D eigenvalue weighted by Gasteiger charge is 2.09. The number of nitrogens with two attached hydrogens (primary N) is 1. The van der Waals surface area contributed by atoms with E-state index in [0.717, 1.165) is 34.3 Å². The van der Waals surface area contributed by atoms with Gasteiger partial charge in [0.05, 0.1) is 5.52 Å². The summed E-state index contributed by atoms with van der Waals surface area (Å²) in [4.78, 5) is 18.1. The van der Waals surface area contributed by atoms with Gasteiger partial charge in [0.25, 0.3) is 0 Å². The zero-order valence-corrected chi connectivity index (χ0v) is 14.5. The molecule has 0 saturated heterocycles. The van der Waals surface area contributed by atoms with Crippen molar-refractivity contribution >= 4 is 22.5 Å². The second kappa shape index (κ2) is 7.32. The van der Waals surface area contributed by atoms with E-state index in [2.05, 4.69) is 33.4 Å². The summed E-state index contributed by atoms with van der Waals surface area (Å²) >= 11 is 0. The molecule has 128 valence electrons. The summed E-state index contributed by atoms with van der Waals surface area (Å²) in [6.07, 6.45) is 1.80. The molecule has 1 heterocycles. The number of nitrogens with zero attached hydrogens (tertiary/aromatic N) is 2. The Hall–Kier alpha value is -2.92. The molecule has 0 bridgehead atoms. The molecule has 5 heteroatoms. The number of hydrogen-bond acceptors (Lipinski definition) is 4. The number of anilines is 1. The summed E-state index contributed by atoms with van der Waals surface area (Å²) in [5.41, 5.74) is 10.1. The van der Waals surface area contributed by atoms with E-state index in [-0.39, 0.29) is 0 Å². The van der Waals surface area contributed by atoms with Gasteiger partial charge in [-0.05, 0) is 43.4 Å². The molecule has 0 spiro atoms. The number of carbonyl (C=O) groups excluding carboxylic acids is 1. The average Bonchev–Trinajstić information content (AvgIpc) is 2.60. The second-order valence-corrected chi connectivity index (χ2v) is 6.32. The smallest absolute Gasteiger partial charge is 0.248 e. The van der Waals surface area contributed by atoms with Gasteiger partial charge in [0.15, 0.2) is 0 Å². The molecule has 0 aliphatic carbocycles. The van der Waals surface area contributed by atoms with Gasteiger partial charge in [0.2, 0.25) is 5.91 Å². The van der Waals surface area contributed by atoms with Gasteiger partial charge in [-0.3, -0.25) is 9.78 Å². The fourth-order valence-corrected chi connectivity index (χ4v) is 2.87. The molecule has 0 aliphatic rings. The maximum Gasteiger partial charge on any atom is 0.248 e. The molecular weight excluding hydrogens is 312 g/mol. The topological polar surface area (TPSA) is 71.2 Å². The normalized spacial score (nSPS) is 11.0. The lowest BCUT2D eigenvalue weighted by Crippen LogP contribution is -2.15. The number of aromatic nitrogens is 1. The first-order valence-electron chi connectivity index (χ1n) is 8.18. The van der Waals surface area contributed by atoms with Crippen LogP contribution in [0.15, 0.2) is 54.7 Å². The summed E-state index contributed by atoms with van der Waals surface area (Å²) < 4.78 is 0. The molecule has 0 atom stereocenters. The Kier molecular flexibility index (Phi) is 4.95. The summed E-state index contributed by atoms with van der Waals surface area (Å²) in [7, 11) is 4.03. The van der Waals surface area contributed by atoms with E-state index in [4.69, 9.17) is 5.73 Å². The van der Waals surface area contributed by atoms with Gasteiger partial charge in [-0.25, -0.2) is 0 Å². The number of fused-ring (bicyclic) bond motifs is 1. The van der Waals surface area contributed by atoms with Gasteiger partial charge in [0, 0.05) is 35.9 Å². The number of benzene rings is 2. The number of rotatable bonds is 6. The van der Waals surface area contributed by atoms with Gasteiger partial charge < -0.3 is 16.0 Å². The van der Waals surface area contributed by atoms with Crippen LogP contribution in [-0.4, -0.2) is 29.9 Å². The highest BCUT2D eigenvalue weighted by molar-refractivity contribution is 5.94. The highest BCUT2D eigenvalue weighted by atomic mass is 16.1. The minimum absolute atomic E-state index is 0.425. The molecule has 0 radical (unpaired) electrons. The predicted molar refractivity (Wildman–Crippen MR) is 101 cm³/mol. The maximum absolute atomic E-state index is 11.5. The quantitative estimate of drug-likeness (QED) is 0.727. The Morgan fingerprint density at radius 3 is 2.68 bits per heavy atom. The fraction of sp³-hybridized carbons (Fsp3) is 0.200. The number of nitrogens with one attached hydrogen (secondary N) is 1. The van der Waals surface area contributed by atoms with E-state index in [0.29, 0.717) is 12.1 Å². The summed E-state index contributed by atoms with van der Waals surface area (Å²) in [6, 6.07) is 15.7. The highest BCUT2D eigenvalue weighted by Crippen LogP contribution is 2.22. The molecule has 1 aromatic heterocycles. The molecule has 3 N–H and O–H groups in total. The number of pyridine rings is 1. The zero-order chi connectivity index (χ0) is 17.8. The van der Waals surface area contributed by atoms with Gasteiger partial charge >= 0.3 is 0 Å². The SMILES string of the molecule is CN(C)Cc1ccc(C(N)=O)cc1NCc1cccc2cccnc12. The molecular formula is C20H22N4O. The Morgan fingerprint density at radius 2 is 1.92 bits per heavy atom. The van der Waals surface area contributed by atoms with Crippen LogP contribution in [0.1, 0.15) is 21.5 Å². The molecule has 1 amide bonds. The molecule has 0 unspecified atom stereocenters. The van der Waals surface area contributed by atoms with Crippen LogP contribution in [-0.2, 0) is 13.1 Å². The second-order valence-electron chi connectivity index (χ2n) is 6.32. The van der Waals surface area contributed by atoms with Crippen molar-refractivity contribution < 1.29 is 4.79 Å². The lowest BCUT2D eigenvalue weighted by molar-refractivity contribution is 0.100. The minimum atomic E-state index is -0.425. The van der Waals surface area contributed by atoms with Crippen molar-refractivity contribution in [2.75, 3.05) is 19.4 Å². The Bertz CT molecular complexity index is 900. The lowest BCUT2D eigenvalue weighted by atomic mass is 10.1. The third-order valence-corrected chi connectivity index (χ3v) is 4.07. The van der Waals surface area contributed by atoms with E-state index in [1.165, 1.54) is 0 Å². The molecule has 3 rings (SSSR count). The molecule has 3 aromatic rings. The van der Waals surface area contributed by atoms with Crippen LogP contribution in [0, 0.1) is 0 Å². The van der Waals surface area contributed by atoms with Crippen molar-refractivity contribution in [2.45, 2.75) is 13.1 Å². The summed E-state index contributed by atoms with van der Waals surface area (Å²) in [6.45, 7) is 1.39. The Morgan fingerprint density at radius 1 is 1.12 bits per heavy atom. The number of primary amides is 1. The largest absolute Gasteiger partial charge is 0.381 e. The Balaban J connectivity index is 1.90. The average molecular weight is 334 g/mol. The summed E-state index contributed by atoms with van der Waals surface area (Å²) in [5, 5.41) is 4.56. The number of carbonyl (C=O) groups is 1. The van der Waals surface area contributed by atoms with Crippen LogP contribution >= 0.6 is 0 Å². The molecule has 0 saturated carbocycles. The molecule has 25 heavy (non-hydrogen) atoms. The standard InChI is InChI=1S/C20H22N4O/c1-24(2)13-17-9-8-15(20(21)25)11-18(17)23-12-16-6-3-5-14-7-4-10-22-19(14)16/h3-11,23H,12-13H2,1-2H3,(H2,21,25). The molecule has 2 aromatic carbocycles. The van der Waals surface area contributed by atoms with E-state index in [9.17, 15) is 4.79 Å². The third kappa shape index (κ3) is 3.95. The van der Waals surface area contributed by atoms with Gasteiger partial charge in [-0.15, -0.1) is 0 Å². The Labute approximate surface area is 147 Å².